The van der Waals surface area contributed by atoms with E-state index in [0.717, 1.165) is 5.56 Å². The van der Waals surface area contributed by atoms with Gasteiger partial charge in [0.05, 0.1) is 11.6 Å². The number of nitrogens with zero attached hydrogens (tertiary/aromatic N) is 2. The molecule has 1 aromatic carbocycles. The van der Waals surface area contributed by atoms with Gasteiger partial charge in [-0.25, -0.2) is 0 Å². The number of nitriles is 1. The zero-order chi connectivity index (χ0) is 12.6. The molecule has 0 N–H and O–H groups in total. The van der Waals surface area contributed by atoms with Crippen LogP contribution < -0.4 is 0 Å². The van der Waals surface area contributed by atoms with Crippen molar-refractivity contribution in [1.82, 2.24) is 4.57 Å². The molecule has 1 heterocycles. The molecule has 0 amide bonds. The summed E-state index contributed by atoms with van der Waals surface area (Å²) < 4.78 is 2.33. The van der Waals surface area contributed by atoms with Gasteiger partial charge in [0.2, 0.25) is 0 Å². The average Bonchev–Trinajstić information content (AvgIpc) is 2.66. The second kappa shape index (κ2) is 4.25. The molecule has 0 radical (unpaired) electrons. The molecule has 0 aliphatic heterocycles. The van der Waals surface area contributed by atoms with E-state index in [9.17, 15) is 0 Å². The molecule has 0 aliphatic carbocycles. The van der Waals surface area contributed by atoms with Crippen LogP contribution in [0.25, 0.3) is 10.9 Å². The molecule has 0 saturated heterocycles. The van der Waals surface area contributed by atoms with Gasteiger partial charge in [0, 0.05) is 17.3 Å². The summed E-state index contributed by atoms with van der Waals surface area (Å²) in [5, 5.41) is 10.2. The molecule has 0 atom stereocenters. The molecule has 2 aromatic rings. The lowest BCUT2D eigenvalue weighted by Gasteiger charge is -2.16. The van der Waals surface area contributed by atoms with Crippen LogP contribution in [0.2, 0.25) is 0 Å². The van der Waals surface area contributed by atoms with E-state index in [1.54, 1.807) is 0 Å². The second-order valence-corrected chi connectivity index (χ2v) is 5.07. The molecule has 2 nitrogen and oxygen atoms in total. The Morgan fingerprint density at radius 3 is 2.35 bits per heavy atom. The van der Waals surface area contributed by atoms with Crippen LogP contribution in [0.5, 0.6) is 0 Å². The van der Waals surface area contributed by atoms with Gasteiger partial charge >= 0.3 is 0 Å². The second-order valence-electron chi connectivity index (χ2n) is 5.07. The van der Waals surface area contributed by atoms with Crippen LogP contribution in [0.15, 0.2) is 24.3 Å². The number of benzene rings is 1. The van der Waals surface area contributed by atoms with Crippen LogP contribution >= 0.6 is 0 Å². The van der Waals surface area contributed by atoms with Crippen LogP contribution in [0.3, 0.4) is 0 Å². The molecule has 1 aromatic heterocycles. The molecule has 0 unspecified atom stereocenters. The van der Waals surface area contributed by atoms with Crippen LogP contribution in [0.4, 0.5) is 0 Å². The molecule has 2 rings (SSSR count). The third-order valence-electron chi connectivity index (χ3n) is 3.11. The fourth-order valence-electron chi connectivity index (χ4n) is 2.33. The fraction of sp³-hybridized carbons (Fsp3) is 0.400. The highest BCUT2D eigenvalue weighted by Gasteiger charge is 2.14. The van der Waals surface area contributed by atoms with E-state index >= 15 is 0 Å². The van der Waals surface area contributed by atoms with E-state index in [2.05, 4.69) is 44.4 Å². The first kappa shape index (κ1) is 11.7. The van der Waals surface area contributed by atoms with Crippen molar-refractivity contribution in [2.24, 2.45) is 0 Å². The van der Waals surface area contributed by atoms with Gasteiger partial charge in [0.1, 0.15) is 0 Å². The Balaban J connectivity index is 2.78. The standard InChI is InChI=1S/C15H18N2/c1-10(2)14-8-13-6-5-12(9-16)7-15(13)17(14)11(3)4/h5-8,10-11H,1-4H3. The molecular formula is C15H18N2. The maximum absolute atomic E-state index is 8.98. The Morgan fingerprint density at radius 1 is 1.12 bits per heavy atom. The van der Waals surface area contributed by atoms with E-state index in [1.807, 2.05) is 18.2 Å². The van der Waals surface area contributed by atoms with Crippen molar-refractivity contribution in [3.8, 4) is 6.07 Å². The van der Waals surface area contributed by atoms with Crippen LogP contribution in [-0.2, 0) is 0 Å². The topological polar surface area (TPSA) is 28.7 Å². The normalized spacial score (nSPS) is 11.4. The molecule has 0 fully saturated rings. The molecule has 2 heteroatoms. The lowest BCUT2D eigenvalue weighted by Crippen LogP contribution is -2.06. The molecule has 88 valence electrons. The van der Waals surface area contributed by atoms with E-state index in [0.29, 0.717) is 12.0 Å². The van der Waals surface area contributed by atoms with Crippen LogP contribution in [-0.4, -0.2) is 4.57 Å². The lowest BCUT2D eigenvalue weighted by molar-refractivity contribution is 0.577. The van der Waals surface area contributed by atoms with E-state index < -0.39 is 0 Å². The van der Waals surface area contributed by atoms with Gasteiger partial charge in [-0.1, -0.05) is 19.9 Å². The first-order chi connectivity index (χ1) is 8.04. The minimum absolute atomic E-state index is 0.416. The van der Waals surface area contributed by atoms with E-state index in [4.69, 9.17) is 5.26 Å². The molecular weight excluding hydrogens is 208 g/mol. The third-order valence-corrected chi connectivity index (χ3v) is 3.11. The highest BCUT2D eigenvalue weighted by atomic mass is 15.0. The number of rotatable bonds is 2. The fourth-order valence-corrected chi connectivity index (χ4v) is 2.33. The Morgan fingerprint density at radius 2 is 1.82 bits per heavy atom. The van der Waals surface area contributed by atoms with Crippen molar-refractivity contribution in [3.63, 3.8) is 0 Å². The number of hydrogen-bond donors (Lipinski definition) is 0. The van der Waals surface area contributed by atoms with Gasteiger partial charge < -0.3 is 4.57 Å². The first-order valence-corrected chi connectivity index (χ1v) is 6.09. The van der Waals surface area contributed by atoms with Crippen LogP contribution in [0.1, 0.15) is 50.9 Å². The summed E-state index contributed by atoms with van der Waals surface area (Å²) in [6.07, 6.45) is 0. The molecule has 0 spiro atoms. The van der Waals surface area contributed by atoms with Gasteiger partial charge in [-0.15, -0.1) is 0 Å². The Labute approximate surface area is 102 Å². The monoisotopic (exact) mass is 226 g/mol. The maximum Gasteiger partial charge on any atom is 0.0992 e. The zero-order valence-corrected chi connectivity index (χ0v) is 10.9. The summed E-state index contributed by atoms with van der Waals surface area (Å²) in [6.45, 7) is 8.78. The predicted molar refractivity (Wildman–Crippen MR) is 71.1 cm³/mol. The minimum atomic E-state index is 0.416. The number of hydrogen-bond acceptors (Lipinski definition) is 1. The van der Waals surface area contributed by atoms with Gasteiger partial charge in [-0.2, -0.15) is 5.26 Å². The Hall–Kier alpha value is -1.75. The van der Waals surface area contributed by atoms with Crippen molar-refractivity contribution in [2.75, 3.05) is 0 Å². The van der Waals surface area contributed by atoms with Crippen molar-refractivity contribution in [3.05, 3.63) is 35.5 Å². The number of aromatic nitrogens is 1. The van der Waals surface area contributed by atoms with Gasteiger partial charge in [0.25, 0.3) is 0 Å². The minimum Gasteiger partial charge on any atom is -0.342 e. The summed E-state index contributed by atoms with van der Waals surface area (Å²) in [4.78, 5) is 0. The summed E-state index contributed by atoms with van der Waals surface area (Å²) in [6, 6.07) is 10.8. The SMILES string of the molecule is CC(C)c1cc2ccc(C#N)cc2n1C(C)C. The quantitative estimate of drug-likeness (QED) is 0.753. The molecule has 17 heavy (non-hydrogen) atoms. The predicted octanol–water partition coefficient (Wildman–Crippen LogP) is 4.22. The molecule has 0 saturated carbocycles. The number of fused-ring (bicyclic) bond motifs is 1. The molecule has 0 bridgehead atoms. The highest BCUT2D eigenvalue weighted by Crippen LogP contribution is 2.29. The van der Waals surface area contributed by atoms with Crippen molar-refractivity contribution in [1.29, 1.82) is 5.26 Å². The first-order valence-electron chi connectivity index (χ1n) is 6.09. The Kier molecular flexibility index (Phi) is 2.93. The highest BCUT2D eigenvalue weighted by molar-refractivity contribution is 5.83. The summed E-state index contributed by atoms with van der Waals surface area (Å²) in [5.41, 5.74) is 3.24. The van der Waals surface area contributed by atoms with Gasteiger partial charge in [0.15, 0.2) is 0 Å². The van der Waals surface area contributed by atoms with Gasteiger partial charge in [-0.3, -0.25) is 0 Å². The van der Waals surface area contributed by atoms with E-state index in [-0.39, 0.29) is 0 Å². The van der Waals surface area contributed by atoms with Crippen molar-refractivity contribution >= 4 is 10.9 Å². The summed E-state index contributed by atoms with van der Waals surface area (Å²) in [5.74, 6) is 0.496. The van der Waals surface area contributed by atoms with Gasteiger partial charge in [-0.05, 0) is 43.4 Å². The summed E-state index contributed by atoms with van der Waals surface area (Å²) >= 11 is 0. The largest absolute Gasteiger partial charge is 0.342 e. The van der Waals surface area contributed by atoms with Crippen molar-refractivity contribution in [2.45, 2.75) is 39.7 Å². The van der Waals surface area contributed by atoms with Crippen molar-refractivity contribution < 1.29 is 0 Å². The van der Waals surface area contributed by atoms with E-state index in [1.165, 1.54) is 16.6 Å². The third kappa shape index (κ3) is 1.93. The average molecular weight is 226 g/mol. The van der Waals surface area contributed by atoms with Crippen LogP contribution in [0, 0.1) is 11.3 Å². The lowest BCUT2D eigenvalue weighted by atomic mass is 10.1. The zero-order valence-electron chi connectivity index (χ0n) is 10.9. The Bertz CT molecular complexity index is 583. The maximum atomic E-state index is 8.98. The summed E-state index contributed by atoms with van der Waals surface area (Å²) in [7, 11) is 0. The molecule has 0 aliphatic rings. The smallest absolute Gasteiger partial charge is 0.0992 e.